The van der Waals surface area contributed by atoms with E-state index in [1.807, 2.05) is 37.3 Å². The Labute approximate surface area is 108 Å². The van der Waals surface area contributed by atoms with Crippen molar-refractivity contribution in [2.45, 2.75) is 26.9 Å². The van der Waals surface area contributed by atoms with Crippen molar-refractivity contribution in [1.29, 1.82) is 0 Å². The zero-order chi connectivity index (χ0) is 13.1. The van der Waals surface area contributed by atoms with Crippen molar-refractivity contribution in [3.05, 3.63) is 59.2 Å². The van der Waals surface area contributed by atoms with Gasteiger partial charge in [0, 0.05) is 5.69 Å². The molecule has 0 amide bonds. The van der Waals surface area contributed by atoms with Crippen LogP contribution >= 0.6 is 0 Å². The lowest BCUT2D eigenvalue weighted by Gasteiger charge is -2.16. The molecule has 94 valence electrons. The molecule has 1 atom stereocenters. The minimum Gasteiger partial charge on any atom is -0.486 e. The number of benzene rings is 2. The molecular weight excluding hydrogens is 222 g/mol. The van der Waals surface area contributed by atoms with Gasteiger partial charge in [0.15, 0.2) is 0 Å². The van der Waals surface area contributed by atoms with Crippen LogP contribution in [0.4, 0.5) is 5.69 Å². The standard InChI is InChI=1S/C16H19NO/c1-11-4-9-16(10-12(11)2)18-13(3)14-5-7-15(17)8-6-14/h4-10,13H,17H2,1-3H3. The van der Waals surface area contributed by atoms with Crippen LogP contribution in [0, 0.1) is 13.8 Å². The summed E-state index contributed by atoms with van der Waals surface area (Å²) in [5, 5.41) is 0. The molecule has 0 aliphatic rings. The molecule has 2 aromatic carbocycles. The lowest BCUT2D eigenvalue weighted by Crippen LogP contribution is -2.03. The molecule has 0 saturated carbocycles. The third-order valence-corrected chi connectivity index (χ3v) is 3.20. The van der Waals surface area contributed by atoms with Crippen molar-refractivity contribution in [1.82, 2.24) is 0 Å². The first-order valence-electron chi connectivity index (χ1n) is 6.15. The molecule has 0 radical (unpaired) electrons. The Kier molecular flexibility index (Phi) is 3.56. The molecule has 2 nitrogen and oxygen atoms in total. The summed E-state index contributed by atoms with van der Waals surface area (Å²) in [7, 11) is 0. The fourth-order valence-electron chi connectivity index (χ4n) is 1.83. The van der Waals surface area contributed by atoms with E-state index >= 15 is 0 Å². The van der Waals surface area contributed by atoms with E-state index < -0.39 is 0 Å². The third-order valence-electron chi connectivity index (χ3n) is 3.20. The summed E-state index contributed by atoms with van der Waals surface area (Å²) in [6.07, 6.45) is 0.0210. The Bertz CT molecular complexity index is 531. The van der Waals surface area contributed by atoms with Crippen LogP contribution in [-0.4, -0.2) is 0 Å². The maximum absolute atomic E-state index is 5.94. The van der Waals surface area contributed by atoms with E-state index in [1.54, 1.807) is 0 Å². The number of rotatable bonds is 3. The Balaban J connectivity index is 2.13. The van der Waals surface area contributed by atoms with Gasteiger partial charge >= 0.3 is 0 Å². The SMILES string of the molecule is Cc1ccc(OC(C)c2ccc(N)cc2)cc1C. The molecule has 0 heterocycles. The summed E-state index contributed by atoms with van der Waals surface area (Å²) in [6.45, 7) is 6.24. The highest BCUT2D eigenvalue weighted by Gasteiger charge is 2.07. The fourth-order valence-corrected chi connectivity index (χ4v) is 1.83. The molecule has 18 heavy (non-hydrogen) atoms. The van der Waals surface area contributed by atoms with Crippen LogP contribution in [-0.2, 0) is 0 Å². The first-order chi connectivity index (χ1) is 8.56. The van der Waals surface area contributed by atoms with E-state index in [0.29, 0.717) is 0 Å². The van der Waals surface area contributed by atoms with Gasteiger partial charge in [0.2, 0.25) is 0 Å². The molecule has 1 unspecified atom stereocenters. The van der Waals surface area contributed by atoms with Gasteiger partial charge in [-0.25, -0.2) is 0 Å². The molecule has 0 fully saturated rings. The van der Waals surface area contributed by atoms with E-state index in [0.717, 1.165) is 17.0 Å². The molecule has 2 heteroatoms. The minimum atomic E-state index is 0.0210. The highest BCUT2D eigenvalue weighted by molar-refractivity contribution is 5.40. The predicted octanol–water partition coefficient (Wildman–Crippen LogP) is 4.03. The van der Waals surface area contributed by atoms with E-state index in [-0.39, 0.29) is 6.10 Å². The number of nitrogens with two attached hydrogens (primary N) is 1. The van der Waals surface area contributed by atoms with Gasteiger partial charge in [-0.2, -0.15) is 0 Å². The summed E-state index contributed by atoms with van der Waals surface area (Å²) < 4.78 is 5.94. The summed E-state index contributed by atoms with van der Waals surface area (Å²) in [5.41, 5.74) is 10.1. The van der Waals surface area contributed by atoms with Crippen molar-refractivity contribution in [2.75, 3.05) is 5.73 Å². The fraction of sp³-hybridized carbons (Fsp3) is 0.250. The molecule has 0 aromatic heterocycles. The van der Waals surface area contributed by atoms with Gasteiger partial charge in [0.1, 0.15) is 11.9 Å². The Morgan fingerprint density at radius 1 is 0.944 bits per heavy atom. The van der Waals surface area contributed by atoms with Crippen LogP contribution in [0.5, 0.6) is 5.75 Å². The average Bonchev–Trinajstić information content (AvgIpc) is 2.34. The average molecular weight is 241 g/mol. The molecule has 0 spiro atoms. The van der Waals surface area contributed by atoms with Gasteiger partial charge in [-0.3, -0.25) is 0 Å². The normalized spacial score (nSPS) is 12.2. The second kappa shape index (κ2) is 5.13. The Hall–Kier alpha value is -1.96. The second-order valence-electron chi connectivity index (χ2n) is 4.67. The van der Waals surface area contributed by atoms with Crippen molar-refractivity contribution >= 4 is 5.69 Å². The molecule has 0 saturated heterocycles. The molecule has 2 rings (SSSR count). The van der Waals surface area contributed by atoms with Gasteiger partial charge in [0.05, 0.1) is 0 Å². The highest BCUT2D eigenvalue weighted by Crippen LogP contribution is 2.24. The van der Waals surface area contributed by atoms with Gasteiger partial charge in [0.25, 0.3) is 0 Å². The quantitative estimate of drug-likeness (QED) is 0.823. The number of aryl methyl sites for hydroxylation is 2. The Morgan fingerprint density at radius 3 is 2.22 bits per heavy atom. The van der Waals surface area contributed by atoms with Crippen LogP contribution in [0.3, 0.4) is 0 Å². The van der Waals surface area contributed by atoms with Crippen LogP contribution < -0.4 is 10.5 Å². The maximum atomic E-state index is 5.94. The van der Waals surface area contributed by atoms with Crippen molar-refractivity contribution in [3.8, 4) is 5.75 Å². The second-order valence-corrected chi connectivity index (χ2v) is 4.67. The molecule has 0 aliphatic heterocycles. The number of ether oxygens (including phenoxy) is 1. The molecule has 0 bridgehead atoms. The monoisotopic (exact) mass is 241 g/mol. The van der Waals surface area contributed by atoms with Crippen molar-refractivity contribution < 1.29 is 4.74 Å². The van der Waals surface area contributed by atoms with Gasteiger partial charge in [-0.05, 0) is 61.7 Å². The van der Waals surface area contributed by atoms with Gasteiger partial charge in [-0.15, -0.1) is 0 Å². The summed E-state index contributed by atoms with van der Waals surface area (Å²) in [6, 6.07) is 14.0. The highest BCUT2D eigenvalue weighted by atomic mass is 16.5. The summed E-state index contributed by atoms with van der Waals surface area (Å²) in [4.78, 5) is 0. The largest absolute Gasteiger partial charge is 0.486 e. The Morgan fingerprint density at radius 2 is 1.61 bits per heavy atom. The molecular formula is C16H19NO. The number of hydrogen-bond acceptors (Lipinski definition) is 2. The number of hydrogen-bond donors (Lipinski definition) is 1. The van der Waals surface area contributed by atoms with E-state index in [1.165, 1.54) is 11.1 Å². The summed E-state index contributed by atoms with van der Waals surface area (Å²) in [5.74, 6) is 0.905. The number of nitrogen functional groups attached to an aromatic ring is 1. The third kappa shape index (κ3) is 2.83. The van der Waals surface area contributed by atoms with Crippen molar-refractivity contribution in [3.63, 3.8) is 0 Å². The van der Waals surface area contributed by atoms with Crippen LogP contribution in [0.25, 0.3) is 0 Å². The van der Waals surface area contributed by atoms with Gasteiger partial charge < -0.3 is 10.5 Å². The summed E-state index contributed by atoms with van der Waals surface area (Å²) >= 11 is 0. The topological polar surface area (TPSA) is 35.2 Å². The predicted molar refractivity (Wildman–Crippen MR) is 75.8 cm³/mol. The maximum Gasteiger partial charge on any atom is 0.121 e. The van der Waals surface area contributed by atoms with Crippen LogP contribution in [0.1, 0.15) is 29.7 Å². The van der Waals surface area contributed by atoms with E-state index in [9.17, 15) is 0 Å². The minimum absolute atomic E-state index is 0.0210. The first kappa shape index (κ1) is 12.5. The van der Waals surface area contributed by atoms with E-state index in [4.69, 9.17) is 10.5 Å². The number of anilines is 1. The van der Waals surface area contributed by atoms with Crippen LogP contribution in [0.15, 0.2) is 42.5 Å². The molecule has 0 aliphatic carbocycles. The zero-order valence-electron chi connectivity index (χ0n) is 11.1. The van der Waals surface area contributed by atoms with Crippen LogP contribution in [0.2, 0.25) is 0 Å². The zero-order valence-corrected chi connectivity index (χ0v) is 11.1. The molecule has 2 N–H and O–H groups in total. The lowest BCUT2D eigenvalue weighted by molar-refractivity contribution is 0.227. The first-order valence-corrected chi connectivity index (χ1v) is 6.15. The molecule has 2 aromatic rings. The van der Waals surface area contributed by atoms with Gasteiger partial charge in [-0.1, -0.05) is 18.2 Å². The van der Waals surface area contributed by atoms with Crippen molar-refractivity contribution in [2.24, 2.45) is 0 Å². The lowest BCUT2D eigenvalue weighted by atomic mass is 10.1. The van der Waals surface area contributed by atoms with E-state index in [2.05, 4.69) is 26.0 Å². The smallest absolute Gasteiger partial charge is 0.121 e.